The third kappa shape index (κ3) is 5.97. The Labute approximate surface area is 233 Å². The third-order valence-electron chi connectivity index (χ3n) is 7.44. The summed E-state index contributed by atoms with van der Waals surface area (Å²) in [6.07, 6.45) is 7.69. The first-order valence-electron chi connectivity index (χ1n) is 13.4. The van der Waals surface area contributed by atoms with Crippen molar-refractivity contribution < 1.29 is 4.39 Å². The third-order valence-corrected chi connectivity index (χ3v) is 7.71. The minimum Gasteiger partial charge on any atom is -0.369 e. The van der Waals surface area contributed by atoms with Crippen molar-refractivity contribution in [3.05, 3.63) is 92.6 Å². The molecule has 4 aromatic rings. The Morgan fingerprint density at radius 1 is 1.13 bits per heavy atom. The normalized spacial score (nSPS) is 16.0. The van der Waals surface area contributed by atoms with Crippen LogP contribution in [0.4, 0.5) is 10.1 Å². The number of pyridine rings is 4. The van der Waals surface area contributed by atoms with Gasteiger partial charge >= 0.3 is 0 Å². The lowest BCUT2D eigenvalue weighted by molar-refractivity contribution is 0.158. The minimum atomic E-state index is -0.826. The van der Waals surface area contributed by atoms with Crippen LogP contribution >= 0.6 is 11.6 Å². The van der Waals surface area contributed by atoms with Crippen molar-refractivity contribution >= 4 is 28.3 Å². The number of anilines is 1. The smallest absolute Gasteiger partial charge is 0.232 e. The molecule has 0 unspecified atom stereocenters. The molecule has 39 heavy (non-hydrogen) atoms. The van der Waals surface area contributed by atoms with Gasteiger partial charge in [-0.2, -0.15) is 4.39 Å². The summed E-state index contributed by atoms with van der Waals surface area (Å²) in [6, 6.07) is 10.0. The van der Waals surface area contributed by atoms with Crippen LogP contribution in [-0.4, -0.2) is 43.6 Å². The van der Waals surface area contributed by atoms with Crippen molar-refractivity contribution in [2.75, 3.05) is 18.0 Å². The second-order valence-corrected chi connectivity index (χ2v) is 11.1. The number of fused-ring (bicyclic) bond motifs is 1. The van der Waals surface area contributed by atoms with Gasteiger partial charge in [0.25, 0.3) is 0 Å². The largest absolute Gasteiger partial charge is 0.369 e. The summed E-state index contributed by atoms with van der Waals surface area (Å²) in [7, 11) is 0. The van der Waals surface area contributed by atoms with Crippen LogP contribution in [0.1, 0.15) is 55.2 Å². The highest BCUT2D eigenvalue weighted by Crippen LogP contribution is 2.26. The zero-order chi connectivity index (χ0) is 27.7. The van der Waals surface area contributed by atoms with Gasteiger partial charge in [0, 0.05) is 67.6 Å². The fraction of sp³-hybridized carbons (Fsp3) is 0.400. The van der Waals surface area contributed by atoms with Crippen LogP contribution < -0.4 is 10.3 Å². The Balaban J connectivity index is 1.53. The SMILES string of the molecule is Cc1ccc(N2CCC[C@H](N(Cc3ccnc(C)c3)Cc3cn(C(C)C)c4cc(Cl)c(F)nc4c3=O)C2)cn1. The van der Waals surface area contributed by atoms with Gasteiger partial charge in [0.2, 0.25) is 11.4 Å². The molecule has 1 aliphatic heterocycles. The average Bonchev–Trinajstić information content (AvgIpc) is 2.91. The molecule has 5 rings (SSSR count). The van der Waals surface area contributed by atoms with Crippen molar-refractivity contribution in [3.8, 4) is 0 Å². The van der Waals surface area contributed by atoms with E-state index in [4.69, 9.17) is 11.6 Å². The summed E-state index contributed by atoms with van der Waals surface area (Å²) in [5.74, 6) is -0.826. The number of nitrogens with zero attached hydrogens (tertiary/aromatic N) is 6. The monoisotopic (exact) mass is 548 g/mol. The quantitative estimate of drug-likeness (QED) is 0.270. The van der Waals surface area contributed by atoms with E-state index >= 15 is 0 Å². The van der Waals surface area contributed by atoms with E-state index in [2.05, 4.69) is 36.9 Å². The number of piperidine rings is 1. The topological polar surface area (TPSA) is 67.2 Å². The van der Waals surface area contributed by atoms with E-state index in [1.807, 2.05) is 63.0 Å². The molecule has 0 amide bonds. The van der Waals surface area contributed by atoms with Gasteiger partial charge in [-0.1, -0.05) is 11.6 Å². The predicted octanol–water partition coefficient (Wildman–Crippen LogP) is 5.85. The van der Waals surface area contributed by atoms with E-state index < -0.39 is 5.95 Å². The molecule has 0 aliphatic carbocycles. The van der Waals surface area contributed by atoms with Crippen LogP contribution in [0.5, 0.6) is 0 Å². The molecule has 1 saturated heterocycles. The molecule has 204 valence electrons. The van der Waals surface area contributed by atoms with Crippen molar-refractivity contribution in [1.29, 1.82) is 0 Å². The molecule has 4 aromatic heterocycles. The molecule has 9 heteroatoms. The number of halogens is 2. The summed E-state index contributed by atoms with van der Waals surface area (Å²) in [6.45, 7) is 10.9. The molecule has 1 aliphatic rings. The van der Waals surface area contributed by atoms with E-state index in [0.29, 0.717) is 24.2 Å². The first kappa shape index (κ1) is 27.2. The van der Waals surface area contributed by atoms with Crippen molar-refractivity contribution in [1.82, 2.24) is 24.4 Å². The van der Waals surface area contributed by atoms with Gasteiger partial charge in [-0.15, -0.1) is 0 Å². The molecule has 0 spiro atoms. The number of hydrogen-bond donors (Lipinski definition) is 0. The maximum atomic E-state index is 14.4. The molecular formula is C30H34ClFN6O. The Morgan fingerprint density at radius 2 is 1.95 bits per heavy atom. The van der Waals surface area contributed by atoms with Gasteiger partial charge in [-0.05, 0) is 76.4 Å². The average molecular weight is 549 g/mol. The highest BCUT2D eigenvalue weighted by Gasteiger charge is 2.27. The van der Waals surface area contributed by atoms with Crippen LogP contribution in [0.3, 0.4) is 0 Å². The zero-order valence-corrected chi connectivity index (χ0v) is 23.6. The number of aryl methyl sites for hydroxylation is 2. The minimum absolute atomic E-state index is 0.0330. The Bertz CT molecular complexity index is 1540. The number of hydrogen-bond acceptors (Lipinski definition) is 6. The lowest BCUT2D eigenvalue weighted by Crippen LogP contribution is -2.48. The van der Waals surface area contributed by atoms with Gasteiger partial charge < -0.3 is 9.47 Å². The Kier molecular flexibility index (Phi) is 7.96. The van der Waals surface area contributed by atoms with Gasteiger partial charge in [-0.25, -0.2) is 4.98 Å². The van der Waals surface area contributed by atoms with Crippen molar-refractivity contribution in [2.45, 2.75) is 65.7 Å². The van der Waals surface area contributed by atoms with Crippen LogP contribution in [0.25, 0.3) is 11.0 Å². The summed E-state index contributed by atoms with van der Waals surface area (Å²) in [5.41, 5.74) is 5.16. The second kappa shape index (κ2) is 11.4. The molecule has 0 saturated carbocycles. The molecule has 0 N–H and O–H groups in total. The molecule has 5 heterocycles. The van der Waals surface area contributed by atoms with E-state index in [1.165, 1.54) is 6.07 Å². The van der Waals surface area contributed by atoms with E-state index in [9.17, 15) is 9.18 Å². The fourth-order valence-electron chi connectivity index (χ4n) is 5.41. The Morgan fingerprint density at radius 3 is 2.67 bits per heavy atom. The highest BCUT2D eigenvalue weighted by atomic mass is 35.5. The summed E-state index contributed by atoms with van der Waals surface area (Å²) in [4.78, 5) is 31.2. The lowest BCUT2D eigenvalue weighted by atomic mass is 10.0. The first-order chi connectivity index (χ1) is 18.7. The van der Waals surface area contributed by atoms with Crippen LogP contribution in [-0.2, 0) is 13.1 Å². The lowest BCUT2D eigenvalue weighted by Gasteiger charge is -2.40. The van der Waals surface area contributed by atoms with Crippen molar-refractivity contribution in [2.24, 2.45) is 0 Å². The number of aromatic nitrogens is 4. The summed E-state index contributed by atoms with van der Waals surface area (Å²) >= 11 is 6.04. The number of rotatable bonds is 7. The Hall–Kier alpha value is -3.36. The van der Waals surface area contributed by atoms with E-state index in [1.54, 1.807) is 0 Å². The molecule has 7 nitrogen and oxygen atoms in total. The van der Waals surface area contributed by atoms with E-state index in [-0.39, 0.29) is 28.1 Å². The van der Waals surface area contributed by atoms with Gasteiger partial charge in [0.1, 0.15) is 5.52 Å². The standard InChI is InChI=1S/C30H34ClFN6O/c1-19(2)38-17-23(29(39)28-27(38)13-26(31)30(32)35-28)16-37(15-22-9-10-33-21(4)12-22)25-6-5-11-36(18-25)24-8-7-20(3)34-14-24/h7-10,12-14,17,19,25H,5-6,11,15-16,18H2,1-4H3/t25-/m0/s1. The van der Waals surface area contributed by atoms with Crippen LogP contribution in [0.2, 0.25) is 5.02 Å². The zero-order valence-electron chi connectivity index (χ0n) is 22.9. The first-order valence-corrected chi connectivity index (χ1v) is 13.8. The van der Waals surface area contributed by atoms with Crippen molar-refractivity contribution in [3.63, 3.8) is 0 Å². The predicted molar refractivity (Wildman–Crippen MR) is 154 cm³/mol. The second-order valence-electron chi connectivity index (χ2n) is 10.7. The maximum absolute atomic E-state index is 14.4. The maximum Gasteiger partial charge on any atom is 0.232 e. The molecule has 1 fully saturated rings. The summed E-state index contributed by atoms with van der Waals surface area (Å²) < 4.78 is 16.3. The van der Waals surface area contributed by atoms with Crippen LogP contribution in [0.15, 0.2) is 53.7 Å². The van der Waals surface area contributed by atoms with Gasteiger partial charge in [0.15, 0.2) is 0 Å². The van der Waals surface area contributed by atoms with Gasteiger partial charge in [0.05, 0.1) is 22.4 Å². The highest BCUT2D eigenvalue weighted by molar-refractivity contribution is 6.31. The molecule has 0 bridgehead atoms. The summed E-state index contributed by atoms with van der Waals surface area (Å²) in [5, 5.41) is -0.0911. The van der Waals surface area contributed by atoms with Gasteiger partial charge in [-0.3, -0.25) is 19.7 Å². The molecule has 0 aromatic carbocycles. The molecule has 0 radical (unpaired) electrons. The molecular weight excluding hydrogens is 515 g/mol. The fourth-order valence-corrected chi connectivity index (χ4v) is 5.56. The van der Waals surface area contributed by atoms with Crippen LogP contribution in [0, 0.1) is 19.8 Å². The molecule has 1 atom stereocenters. The van der Waals surface area contributed by atoms with E-state index in [0.717, 1.165) is 48.6 Å².